The number of primary amides is 1. The number of ether oxygens (including phenoxy) is 1. The second-order valence-corrected chi connectivity index (χ2v) is 6.54. The third-order valence-electron chi connectivity index (χ3n) is 4.02. The van der Waals surface area contributed by atoms with E-state index in [1.54, 1.807) is 54.6 Å². The summed E-state index contributed by atoms with van der Waals surface area (Å²) < 4.78 is 5.35. The van der Waals surface area contributed by atoms with Crippen LogP contribution in [-0.2, 0) is 14.3 Å². The first-order valence-corrected chi connectivity index (χ1v) is 9.27. The van der Waals surface area contributed by atoms with E-state index in [1.807, 2.05) is 0 Å². The van der Waals surface area contributed by atoms with Crippen molar-refractivity contribution in [1.29, 1.82) is 0 Å². The molecule has 2 unspecified atom stereocenters. The number of imide groups is 1. The van der Waals surface area contributed by atoms with Gasteiger partial charge in [-0.3, -0.25) is 14.9 Å². The quantitative estimate of drug-likeness (QED) is 0.496. The Labute approximate surface area is 177 Å². The minimum absolute atomic E-state index is 0.320. The molecule has 0 spiro atoms. The van der Waals surface area contributed by atoms with E-state index in [1.165, 1.54) is 7.05 Å². The van der Waals surface area contributed by atoms with Crippen LogP contribution in [0, 0.1) is 0 Å². The van der Waals surface area contributed by atoms with Gasteiger partial charge in [-0.2, -0.15) is 0 Å². The van der Waals surface area contributed by atoms with Crippen LogP contribution in [0.1, 0.15) is 29.7 Å². The van der Waals surface area contributed by atoms with Crippen molar-refractivity contribution in [2.45, 2.75) is 18.6 Å². The largest absolute Gasteiger partial charge is 0.447 e. The minimum Gasteiger partial charge on any atom is -0.447 e. The Morgan fingerprint density at radius 2 is 1.67 bits per heavy atom. The molecule has 0 heterocycles. The average Bonchev–Trinajstić information content (AvgIpc) is 2.72. The molecule has 5 amide bonds. The zero-order valence-corrected chi connectivity index (χ0v) is 16.8. The van der Waals surface area contributed by atoms with Crippen molar-refractivity contribution in [2.24, 2.45) is 5.73 Å². The van der Waals surface area contributed by atoms with Crippen molar-refractivity contribution >= 4 is 35.5 Å². The molecule has 10 heteroatoms. The van der Waals surface area contributed by atoms with E-state index < -0.39 is 36.1 Å². The molecule has 0 radical (unpaired) electrons. The van der Waals surface area contributed by atoms with Gasteiger partial charge < -0.3 is 21.1 Å². The first kappa shape index (κ1) is 22.7. The van der Waals surface area contributed by atoms with Crippen LogP contribution in [0.4, 0.5) is 9.59 Å². The molecule has 0 aliphatic heterocycles. The lowest BCUT2D eigenvalue weighted by atomic mass is 10.0. The Hall–Kier alpha value is -3.59. The van der Waals surface area contributed by atoms with Crippen molar-refractivity contribution in [1.82, 2.24) is 16.0 Å². The van der Waals surface area contributed by atoms with Crippen LogP contribution in [0.15, 0.2) is 54.6 Å². The molecular weight excluding hydrogens is 412 g/mol. The fraction of sp³-hybridized carbons (Fsp3) is 0.200. The number of halogens is 1. The number of carbonyl (C=O) groups is 4. The molecule has 30 heavy (non-hydrogen) atoms. The lowest BCUT2D eigenvalue weighted by Crippen LogP contribution is -2.41. The number of hydrogen-bond donors (Lipinski definition) is 4. The van der Waals surface area contributed by atoms with E-state index in [4.69, 9.17) is 22.1 Å². The summed E-state index contributed by atoms with van der Waals surface area (Å²) in [7, 11) is 1.34. The Morgan fingerprint density at radius 3 is 2.27 bits per heavy atom. The van der Waals surface area contributed by atoms with Crippen LogP contribution in [-0.4, -0.2) is 31.0 Å². The van der Waals surface area contributed by atoms with Gasteiger partial charge >= 0.3 is 18.0 Å². The second-order valence-electron chi connectivity index (χ2n) is 6.14. The SMILES string of the molecule is CNC(=O)NC(=O)C(OC(=O)CC(NC(N)=O)c1ccccc1Cl)c1ccccc1. The van der Waals surface area contributed by atoms with Crippen molar-refractivity contribution in [3.8, 4) is 0 Å². The summed E-state index contributed by atoms with van der Waals surface area (Å²) in [6, 6.07) is 12.3. The van der Waals surface area contributed by atoms with E-state index in [0.29, 0.717) is 16.1 Å². The Bertz CT molecular complexity index is 922. The fourth-order valence-electron chi connectivity index (χ4n) is 2.66. The summed E-state index contributed by atoms with van der Waals surface area (Å²) in [6.07, 6.45) is -1.72. The van der Waals surface area contributed by atoms with Gasteiger partial charge in [-0.1, -0.05) is 60.1 Å². The standard InChI is InChI=1S/C20H21ClN4O5/c1-23-20(29)25-18(27)17(12-7-3-2-4-8-12)30-16(26)11-15(24-19(22)28)13-9-5-6-10-14(13)21/h2-10,15,17H,11H2,1H3,(H3,22,24,28)(H2,23,25,27,29). The van der Waals surface area contributed by atoms with Crippen molar-refractivity contribution < 1.29 is 23.9 Å². The number of nitrogens with one attached hydrogen (secondary N) is 3. The summed E-state index contributed by atoms with van der Waals surface area (Å²) in [5.41, 5.74) is 6.04. The van der Waals surface area contributed by atoms with E-state index in [9.17, 15) is 19.2 Å². The highest BCUT2D eigenvalue weighted by molar-refractivity contribution is 6.31. The number of benzene rings is 2. The molecule has 2 aromatic carbocycles. The third-order valence-corrected chi connectivity index (χ3v) is 4.37. The lowest BCUT2D eigenvalue weighted by molar-refractivity contribution is -0.156. The molecule has 0 aromatic heterocycles. The molecule has 0 aliphatic carbocycles. The molecule has 2 rings (SSSR count). The van der Waals surface area contributed by atoms with Gasteiger partial charge in [0.05, 0.1) is 12.5 Å². The highest BCUT2D eigenvalue weighted by Gasteiger charge is 2.28. The maximum Gasteiger partial charge on any atom is 0.321 e. The van der Waals surface area contributed by atoms with Crippen LogP contribution in [0.25, 0.3) is 0 Å². The molecule has 0 fully saturated rings. The second kappa shape index (κ2) is 10.8. The highest BCUT2D eigenvalue weighted by atomic mass is 35.5. The molecule has 0 saturated heterocycles. The van der Waals surface area contributed by atoms with Crippen LogP contribution in [0.5, 0.6) is 0 Å². The van der Waals surface area contributed by atoms with E-state index in [0.717, 1.165) is 0 Å². The normalized spacial score (nSPS) is 12.2. The van der Waals surface area contributed by atoms with Crippen molar-refractivity contribution in [3.63, 3.8) is 0 Å². The monoisotopic (exact) mass is 432 g/mol. The summed E-state index contributed by atoms with van der Waals surface area (Å²) in [6.45, 7) is 0. The molecule has 2 aromatic rings. The molecule has 9 nitrogen and oxygen atoms in total. The topological polar surface area (TPSA) is 140 Å². The van der Waals surface area contributed by atoms with Gasteiger partial charge in [0.15, 0.2) is 0 Å². The first-order valence-electron chi connectivity index (χ1n) is 8.89. The molecule has 5 N–H and O–H groups in total. The number of rotatable bonds is 7. The maximum absolute atomic E-state index is 12.6. The molecule has 0 aliphatic rings. The number of amides is 5. The van der Waals surface area contributed by atoms with Crippen molar-refractivity contribution in [3.05, 3.63) is 70.7 Å². The summed E-state index contributed by atoms with van der Waals surface area (Å²) in [5, 5.41) is 7.09. The number of esters is 1. The number of hydrogen-bond acceptors (Lipinski definition) is 5. The highest BCUT2D eigenvalue weighted by Crippen LogP contribution is 2.27. The molecular formula is C20H21ClN4O5. The van der Waals surface area contributed by atoms with Gasteiger partial charge in [0.2, 0.25) is 6.10 Å². The lowest BCUT2D eigenvalue weighted by Gasteiger charge is -2.21. The smallest absolute Gasteiger partial charge is 0.321 e. The van der Waals surface area contributed by atoms with Gasteiger partial charge in [-0.05, 0) is 11.6 Å². The van der Waals surface area contributed by atoms with Crippen LogP contribution >= 0.6 is 11.6 Å². The fourth-order valence-corrected chi connectivity index (χ4v) is 2.92. The van der Waals surface area contributed by atoms with Crippen LogP contribution < -0.4 is 21.7 Å². The summed E-state index contributed by atoms with van der Waals surface area (Å²) in [5.74, 6) is -1.64. The van der Waals surface area contributed by atoms with E-state index in [2.05, 4.69) is 16.0 Å². The van der Waals surface area contributed by atoms with Crippen molar-refractivity contribution in [2.75, 3.05) is 7.05 Å². The van der Waals surface area contributed by atoms with Gasteiger partial charge in [0.25, 0.3) is 5.91 Å². The molecule has 0 bridgehead atoms. The molecule has 158 valence electrons. The van der Waals surface area contributed by atoms with E-state index >= 15 is 0 Å². The molecule has 0 saturated carbocycles. The first-order chi connectivity index (χ1) is 14.3. The summed E-state index contributed by atoms with van der Waals surface area (Å²) >= 11 is 6.16. The van der Waals surface area contributed by atoms with Crippen LogP contribution in [0.3, 0.4) is 0 Å². The predicted octanol–water partition coefficient (Wildman–Crippen LogP) is 2.18. The maximum atomic E-state index is 12.6. The van der Waals surface area contributed by atoms with Gasteiger partial charge in [0, 0.05) is 17.6 Å². The van der Waals surface area contributed by atoms with Gasteiger partial charge in [0.1, 0.15) is 0 Å². The Morgan fingerprint density at radius 1 is 1.03 bits per heavy atom. The van der Waals surface area contributed by atoms with Gasteiger partial charge in [-0.25, -0.2) is 9.59 Å². The minimum atomic E-state index is -1.38. The Kier molecular flexibility index (Phi) is 8.18. The predicted molar refractivity (Wildman–Crippen MR) is 109 cm³/mol. The number of nitrogens with two attached hydrogens (primary N) is 1. The zero-order valence-electron chi connectivity index (χ0n) is 16.1. The third kappa shape index (κ3) is 6.49. The number of carbonyl (C=O) groups excluding carboxylic acids is 4. The Balaban J connectivity index is 2.22. The van der Waals surface area contributed by atoms with E-state index in [-0.39, 0.29) is 6.42 Å². The zero-order chi connectivity index (χ0) is 22.1. The van der Waals surface area contributed by atoms with Crippen LogP contribution in [0.2, 0.25) is 5.02 Å². The average molecular weight is 433 g/mol. The number of urea groups is 2. The van der Waals surface area contributed by atoms with Gasteiger partial charge in [-0.15, -0.1) is 0 Å². The molecule has 2 atom stereocenters. The summed E-state index contributed by atoms with van der Waals surface area (Å²) in [4.78, 5) is 48.0.